The Balaban J connectivity index is 1.11. The highest BCUT2D eigenvalue weighted by Crippen LogP contribution is 2.59. The van der Waals surface area contributed by atoms with Crippen LogP contribution in [-0.4, -0.2) is 0 Å². The lowest BCUT2D eigenvalue weighted by molar-refractivity contribution is 0.660. The van der Waals surface area contributed by atoms with Crippen LogP contribution in [0.25, 0.3) is 53.6 Å². The van der Waals surface area contributed by atoms with Crippen LogP contribution in [0.1, 0.15) is 47.2 Å². The first-order chi connectivity index (χ1) is 29.5. The van der Waals surface area contributed by atoms with Crippen LogP contribution in [0, 0.1) is 0 Å². The zero-order chi connectivity index (χ0) is 40.0. The summed E-state index contributed by atoms with van der Waals surface area (Å²) >= 11 is 1.89. The van der Waals surface area contributed by atoms with Gasteiger partial charge in [0.15, 0.2) is 0 Å². The van der Waals surface area contributed by atoms with Gasteiger partial charge in [-0.3, -0.25) is 0 Å². The zero-order valence-electron chi connectivity index (χ0n) is 33.6. The molecule has 12 rings (SSSR count). The summed E-state index contributed by atoms with van der Waals surface area (Å²) in [6.45, 7) is 4.74. The summed E-state index contributed by atoms with van der Waals surface area (Å²) in [4.78, 5) is 2.52. The van der Waals surface area contributed by atoms with E-state index in [0.717, 1.165) is 11.4 Å². The van der Waals surface area contributed by atoms with Crippen molar-refractivity contribution in [3.8, 4) is 33.4 Å². The van der Waals surface area contributed by atoms with Gasteiger partial charge in [0.2, 0.25) is 0 Å². The number of hydrogen-bond donors (Lipinski definition) is 0. The van der Waals surface area contributed by atoms with E-state index in [9.17, 15) is 0 Å². The molecule has 2 heteroatoms. The van der Waals surface area contributed by atoms with Crippen molar-refractivity contribution in [2.24, 2.45) is 0 Å². The Morgan fingerprint density at radius 3 is 1.73 bits per heavy atom. The van der Waals surface area contributed by atoms with E-state index in [2.05, 4.69) is 231 Å². The largest absolute Gasteiger partial charge is 0.310 e. The van der Waals surface area contributed by atoms with E-state index in [4.69, 9.17) is 0 Å². The van der Waals surface area contributed by atoms with Crippen LogP contribution >= 0.6 is 11.3 Å². The normalized spacial score (nSPS) is 14.1. The molecule has 0 spiro atoms. The predicted molar refractivity (Wildman–Crippen MR) is 254 cm³/mol. The van der Waals surface area contributed by atoms with Crippen molar-refractivity contribution in [3.63, 3.8) is 0 Å². The van der Waals surface area contributed by atoms with E-state index < -0.39 is 5.41 Å². The summed E-state index contributed by atoms with van der Waals surface area (Å²) in [6, 6.07) is 79.2. The SMILES string of the molecule is CC1(C)c2ccccc2-c2c(N(c3ccc(-c4cccc5c4sc4ccccc45)cc3)c3ccc4c(c3)C(c3ccccc3)(c3ccccc3)c3ccccc3-4)cccc21. The molecule has 9 aromatic carbocycles. The van der Waals surface area contributed by atoms with Crippen molar-refractivity contribution in [3.05, 3.63) is 246 Å². The van der Waals surface area contributed by atoms with Crippen molar-refractivity contribution in [1.29, 1.82) is 0 Å². The summed E-state index contributed by atoms with van der Waals surface area (Å²) in [6.07, 6.45) is 0. The Bertz CT molecular complexity index is 3240. The number of hydrogen-bond acceptors (Lipinski definition) is 2. The van der Waals surface area contributed by atoms with Gasteiger partial charge in [-0.1, -0.05) is 190 Å². The molecule has 0 N–H and O–H groups in total. The van der Waals surface area contributed by atoms with Gasteiger partial charge in [-0.25, -0.2) is 0 Å². The average molecular weight is 784 g/mol. The number of anilines is 3. The molecule has 10 aromatic rings. The molecule has 60 heavy (non-hydrogen) atoms. The summed E-state index contributed by atoms with van der Waals surface area (Å²) in [5.74, 6) is 0. The van der Waals surface area contributed by atoms with E-state index in [1.54, 1.807) is 0 Å². The number of nitrogens with zero attached hydrogens (tertiary/aromatic N) is 1. The van der Waals surface area contributed by atoms with Gasteiger partial charge < -0.3 is 4.90 Å². The molecule has 284 valence electrons. The van der Waals surface area contributed by atoms with Crippen LogP contribution < -0.4 is 4.90 Å². The fraction of sp³-hybridized carbons (Fsp3) is 0.0690. The van der Waals surface area contributed by atoms with Crippen LogP contribution in [0.2, 0.25) is 0 Å². The number of rotatable bonds is 6. The first kappa shape index (κ1) is 35.0. The minimum Gasteiger partial charge on any atom is -0.310 e. The van der Waals surface area contributed by atoms with Crippen molar-refractivity contribution in [2.75, 3.05) is 4.90 Å². The Morgan fingerprint density at radius 2 is 0.967 bits per heavy atom. The third-order valence-corrected chi connectivity index (χ3v) is 14.6. The molecular formula is C58H41NS. The number of fused-ring (bicyclic) bond motifs is 9. The van der Waals surface area contributed by atoms with Crippen LogP contribution in [0.15, 0.2) is 212 Å². The fourth-order valence-corrected chi connectivity index (χ4v) is 11.9. The van der Waals surface area contributed by atoms with Crippen molar-refractivity contribution < 1.29 is 0 Å². The molecule has 2 aliphatic rings. The fourth-order valence-electron chi connectivity index (χ4n) is 10.7. The predicted octanol–water partition coefficient (Wildman–Crippen LogP) is 15.9. The lowest BCUT2D eigenvalue weighted by Gasteiger charge is -2.35. The minimum atomic E-state index is -0.504. The molecule has 0 bridgehead atoms. The molecule has 0 atom stereocenters. The highest BCUT2D eigenvalue weighted by Gasteiger charge is 2.46. The molecule has 0 radical (unpaired) electrons. The van der Waals surface area contributed by atoms with Gasteiger partial charge in [0.25, 0.3) is 0 Å². The molecule has 0 saturated carbocycles. The maximum absolute atomic E-state index is 2.52. The lowest BCUT2D eigenvalue weighted by atomic mass is 9.67. The summed E-state index contributed by atoms with van der Waals surface area (Å²) in [5.41, 5.74) is 18.3. The zero-order valence-corrected chi connectivity index (χ0v) is 34.4. The smallest absolute Gasteiger partial charge is 0.0714 e. The molecule has 1 aromatic heterocycles. The third-order valence-electron chi connectivity index (χ3n) is 13.4. The summed E-state index contributed by atoms with van der Waals surface area (Å²) in [7, 11) is 0. The maximum atomic E-state index is 2.52. The highest BCUT2D eigenvalue weighted by molar-refractivity contribution is 7.26. The maximum Gasteiger partial charge on any atom is 0.0714 e. The van der Waals surface area contributed by atoms with Gasteiger partial charge >= 0.3 is 0 Å². The van der Waals surface area contributed by atoms with E-state index in [1.807, 2.05) is 11.3 Å². The van der Waals surface area contributed by atoms with Gasteiger partial charge in [-0.2, -0.15) is 0 Å². The van der Waals surface area contributed by atoms with Gasteiger partial charge in [0, 0.05) is 42.5 Å². The standard InChI is InChI=1S/C58H41NS/c1-57(2)49-26-12-10-23-48(49)55-51(57)28-16-29-53(55)59(41-33-31-38(32-34-41)43-24-15-25-47-46-22-11-14-30-54(46)60-56(43)47)42-35-36-45-44-21-9-13-27-50(44)58(52(45)37-42,39-17-5-3-6-18-39)40-19-7-4-8-20-40/h3-37H,1-2H3. The second kappa shape index (κ2) is 13.3. The Hall–Kier alpha value is -7.00. The third kappa shape index (κ3) is 4.92. The second-order valence-electron chi connectivity index (χ2n) is 16.8. The molecule has 0 unspecified atom stereocenters. The van der Waals surface area contributed by atoms with Gasteiger partial charge in [0.05, 0.1) is 11.1 Å². The van der Waals surface area contributed by atoms with Crippen molar-refractivity contribution in [1.82, 2.24) is 0 Å². The first-order valence-corrected chi connectivity index (χ1v) is 21.7. The Kier molecular flexibility index (Phi) is 7.73. The summed E-state index contributed by atoms with van der Waals surface area (Å²) in [5, 5.41) is 2.64. The first-order valence-electron chi connectivity index (χ1n) is 20.9. The minimum absolute atomic E-state index is 0.129. The van der Waals surface area contributed by atoms with Gasteiger partial charge in [-0.05, 0) is 97.6 Å². The Labute approximate surface area is 355 Å². The van der Waals surface area contributed by atoms with Crippen LogP contribution in [0.5, 0.6) is 0 Å². The molecule has 2 aliphatic carbocycles. The van der Waals surface area contributed by atoms with Crippen molar-refractivity contribution in [2.45, 2.75) is 24.7 Å². The molecular weight excluding hydrogens is 743 g/mol. The van der Waals surface area contributed by atoms with Crippen molar-refractivity contribution >= 4 is 48.6 Å². The molecule has 0 aliphatic heterocycles. The van der Waals surface area contributed by atoms with Crippen LogP contribution in [-0.2, 0) is 10.8 Å². The average Bonchev–Trinajstić information content (AvgIpc) is 3.91. The van der Waals surface area contributed by atoms with E-state index in [0.29, 0.717) is 0 Å². The van der Waals surface area contributed by atoms with E-state index in [1.165, 1.54) is 92.6 Å². The van der Waals surface area contributed by atoms with Crippen LogP contribution in [0.4, 0.5) is 17.1 Å². The lowest BCUT2D eigenvalue weighted by Crippen LogP contribution is -2.28. The van der Waals surface area contributed by atoms with Gasteiger partial charge in [-0.15, -0.1) is 11.3 Å². The van der Waals surface area contributed by atoms with Crippen LogP contribution in [0.3, 0.4) is 0 Å². The molecule has 0 amide bonds. The molecule has 1 nitrogen and oxygen atoms in total. The molecule has 0 saturated heterocycles. The number of thiophene rings is 1. The quantitative estimate of drug-likeness (QED) is 0.162. The molecule has 0 fully saturated rings. The second-order valence-corrected chi connectivity index (χ2v) is 17.8. The van der Waals surface area contributed by atoms with E-state index in [-0.39, 0.29) is 5.41 Å². The summed E-state index contributed by atoms with van der Waals surface area (Å²) < 4.78 is 2.66. The van der Waals surface area contributed by atoms with Gasteiger partial charge in [0.1, 0.15) is 0 Å². The highest BCUT2D eigenvalue weighted by atomic mass is 32.1. The van der Waals surface area contributed by atoms with E-state index >= 15 is 0 Å². The topological polar surface area (TPSA) is 3.24 Å². The Morgan fingerprint density at radius 1 is 0.400 bits per heavy atom. The monoisotopic (exact) mass is 783 g/mol. The molecule has 1 heterocycles. The number of benzene rings is 9.